The van der Waals surface area contributed by atoms with Crippen LogP contribution in [0, 0.1) is 0 Å². The molecule has 6 heteroatoms. The third-order valence-corrected chi connectivity index (χ3v) is 3.76. The summed E-state index contributed by atoms with van der Waals surface area (Å²) >= 11 is 5.86. The van der Waals surface area contributed by atoms with E-state index in [0.29, 0.717) is 30.5 Å². The lowest BCUT2D eigenvalue weighted by Crippen LogP contribution is -2.33. The first kappa shape index (κ1) is 17.9. The zero-order chi connectivity index (χ0) is 17.4. The number of hydrogen-bond donors (Lipinski definition) is 2. The summed E-state index contributed by atoms with van der Waals surface area (Å²) in [6, 6.07) is 13.4. The molecular formula is C18H22ClN3O2. The number of nitrogens with one attached hydrogen (secondary N) is 1. The fourth-order valence-corrected chi connectivity index (χ4v) is 2.32. The Labute approximate surface area is 147 Å². The van der Waals surface area contributed by atoms with Crippen molar-refractivity contribution in [1.82, 2.24) is 5.32 Å². The van der Waals surface area contributed by atoms with E-state index in [9.17, 15) is 0 Å². The van der Waals surface area contributed by atoms with Crippen LogP contribution in [0.15, 0.2) is 47.5 Å². The van der Waals surface area contributed by atoms with E-state index < -0.39 is 0 Å². The molecule has 24 heavy (non-hydrogen) atoms. The molecule has 0 aromatic heterocycles. The minimum atomic E-state index is 0.416. The Morgan fingerprint density at radius 2 is 1.71 bits per heavy atom. The van der Waals surface area contributed by atoms with E-state index in [2.05, 4.69) is 10.3 Å². The molecular weight excluding hydrogens is 326 g/mol. The van der Waals surface area contributed by atoms with E-state index in [-0.39, 0.29) is 0 Å². The summed E-state index contributed by atoms with van der Waals surface area (Å²) in [5.74, 6) is 1.79. The number of aliphatic imine (C=N–C) groups is 1. The first-order valence-electron chi connectivity index (χ1n) is 7.61. The van der Waals surface area contributed by atoms with Gasteiger partial charge in [-0.1, -0.05) is 29.8 Å². The van der Waals surface area contributed by atoms with Crippen LogP contribution in [0.25, 0.3) is 0 Å². The van der Waals surface area contributed by atoms with Gasteiger partial charge in [-0.3, -0.25) is 0 Å². The van der Waals surface area contributed by atoms with Crippen LogP contribution in [0.5, 0.6) is 11.5 Å². The molecule has 0 bridgehead atoms. The topological polar surface area (TPSA) is 68.9 Å². The van der Waals surface area contributed by atoms with Gasteiger partial charge in [-0.25, -0.2) is 4.99 Å². The lowest BCUT2D eigenvalue weighted by molar-refractivity contribution is 0.354. The van der Waals surface area contributed by atoms with Gasteiger partial charge in [0.2, 0.25) is 0 Å². The van der Waals surface area contributed by atoms with Gasteiger partial charge in [0.05, 0.1) is 20.8 Å². The fraction of sp³-hybridized carbons (Fsp3) is 0.278. The molecule has 0 saturated heterocycles. The molecule has 128 valence electrons. The molecule has 0 aliphatic rings. The second-order valence-corrected chi connectivity index (χ2v) is 5.63. The number of hydrogen-bond acceptors (Lipinski definition) is 3. The first-order chi connectivity index (χ1) is 11.6. The molecule has 3 N–H and O–H groups in total. The zero-order valence-corrected chi connectivity index (χ0v) is 14.6. The number of ether oxygens (including phenoxy) is 2. The van der Waals surface area contributed by atoms with Crippen LogP contribution in [0.1, 0.15) is 11.1 Å². The molecule has 2 aromatic rings. The average Bonchev–Trinajstić information content (AvgIpc) is 2.61. The summed E-state index contributed by atoms with van der Waals surface area (Å²) in [6.45, 7) is 1.18. The van der Waals surface area contributed by atoms with Gasteiger partial charge in [-0.15, -0.1) is 0 Å². The van der Waals surface area contributed by atoms with Crippen molar-refractivity contribution >= 4 is 17.6 Å². The van der Waals surface area contributed by atoms with Crippen molar-refractivity contribution in [3.05, 3.63) is 58.6 Å². The summed E-state index contributed by atoms with van der Waals surface area (Å²) in [5.41, 5.74) is 8.09. The minimum absolute atomic E-state index is 0.416. The third kappa shape index (κ3) is 5.35. The predicted molar refractivity (Wildman–Crippen MR) is 98.0 cm³/mol. The number of methoxy groups -OCH3 is 2. The Hall–Kier alpha value is -2.40. The highest BCUT2D eigenvalue weighted by Crippen LogP contribution is 2.27. The minimum Gasteiger partial charge on any atom is -0.493 e. The van der Waals surface area contributed by atoms with E-state index >= 15 is 0 Å². The first-order valence-corrected chi connectivity index (χ1v) is 7.99. The average molecular weight is 348 g/mol. The lowest BCUT2D eigenvalue weighted by Gasteiger charge is -2.09. The van der Waals surface area contributed by atoms with E-state index in [4.69, 9.17) is 26.8 Å². The highest BCUT2D eigenvalue weighted by atomic mass is 35.5. The summed E-state index contributed by atoms with van der Waals surface area (Å²) in [7, 11) is 3.22. The van der Waals surface area contributed by atoms with Gasteiger partial charge >= 0.3 is 0 Å². The van der Waals surface area contributed by atoms with E-state index in [1.165, 1.54) is 5.56 Å². The second kappa shape index (κ2) is 9.03. The van der Waals surface area contributed by atoms with Gasteiger partial charge in [0.15, 0.2) is 17.5 Å². The van der Waals surface area contributed by atoms with Gasteiger partial charge < -0.3 is 20.5 Å². The smallest absolute Gasteiger partial charge is 0.188 e. The largest absolute Gasteiger partial charge is 0.493 e. The number of benzene rings is 2. The molecule has 2 rings (SSSR count). The van der Waals surface area contributed by atoms with Gasteiger partial charge in [-0.2, -0.15) is 0 Å². The van der Waals surface area contributed by atoms with Crippen LogP contribution in [0.4, 0.5) is 0 Å². The van der Waals surface area contributed by atoms with Gasteiger partial charge in [-0.05, 0) is 41.8 Å². The number of halogens is 1. The molecule has 0 fully saturated rings. The van der Waals surface area contributed by atoms with E-state index in [1.807, 2.05) is 42.5 Å². The highest BCUT2D eigenvalue weighted by molar-refractivity contribution is 6.30. The summed E-state index contributed by atoms with van der Waals surface area (Å²) in [5, 5.41) is 3.84. The van der Waals surface area contributed by atoms with Crippen molar-refractivity contribution in [1.29, 1.82) is 0 Å². The molecule has 0 heterocycles. The quantitative estimate of drug-likeness (QED) is 0.596. The predicted octanol–water partition coefficient (Wildman–Crippen LogP) is 3.00. The van der Waals surface area contributed by atoms with E-state index in [1.54, 1.807) is 14.2 Å². The van der Waals surface area contributed by atoms with Crippen molar-refractivity contribution < 1.29 is 9.47 Å². The highest BCUT2D eigenvalue weighted by Gasteiger charge is 2.04. The summed E-state index contributed by atoms with van der Waals surface area (Å²) < 4.78 is 10.5. The van der Waals surface area contributed by atoms with Gasteiger partial charge in [0.1, 0.15) is 0 Å². The van der Waals surface area contributed by atoms with Crippen LogP contribution < -0.4 is 20.5 Å². The Kier molecular flexibility index (Phi) is 6.75. The van der Waals surface area contributed by atoms with Gasteiger partial charge in [0.25, 0.3) is 0 Å². The fourth-order valence-electron chi connectivity index (χ4n) is 2.20. The van der Waals surface area contributed by atoms with Crippen LogP contribution in [-0.4, -0.2) is 26.7 Å². The molecule has 0 amide bonds. The SMILES string of the molecule is COc1ccc(CN=C(N)NCCc2ccc(Cl)cc2)cc1OC. The number of nitrogens with zero attached hydrogens (tertiary/aromatic N) is 1. The van der Waals surface area contributed by atoms with Gasteiger partial charge in [0, 0.05) is 11.6 Å². The monoisotopic (exact) mass is 347 g/mol. The van der Waals surface area contributed by atoms with Crippen molar-refractivity contribution in [2.45, 2.75) is 13.0 Å². The van der Waals surface area contributed by atoms with Crippen LogP contribution in [0.2, 0.25) is 5.02 Å². The molecule has 0 atom stereocenters. The normalized spacial score (nSPS) is 11.2. The molecule has 0 aliphatic carbocycles. The summed E-state index contributed by atoms with van der Waals surface area (Å²) in [4.78, 5) is 4.34. The Morgan fingerprint density at radius 1 is 1.04 bits per heavy atom. The molecule has 2 aromatic carbocycles. The molecule has 0 radical (unpaired) electrons. The van der Waals surface area contributed by atoms with Crippen molar-refractivity contribution in [3.8, 4) is 11.5 Å². The molecule has 0 saturated carbocycles. The Balaban J connectivity index is 1.84. The molecule has 0 spiro atoms. The van der Waals surface area contributed by atoms with Crippen molar-refractivity contribution in [3.63, 3.8) is 0 Å². The van der Waals surface area contributed by atoms with Crippen LogP contribution >= 0.6 is 11.6 Å². The third-order valence-electron chi connectivity index (χ3n) is 3.51. The van der Waals surface area contributed by atoms with Crippen molar-refractivity contribution in [2.24, 2.45) is 10.7 Å². The summed E-state index contributed by atoms with van der Waals surface area (Å²) in [6.07, 6.45) is 0.851. The van der Waals surface area contributed by atoms with Crippen LogP contribution in [0.3, 0.4) is 0 Å². The Morgan fingerprint density at radius 3 is 2.38 bits per heavy atom. The van der Waals surface area contributed by atoms with Crippen LogP contribution in [-0.2, 0) is 13.0 Å². The molecule has 0 aliphatic heterocycles. The second-order valence-electron chi connectivity index (χ2n) is 5.19. The maximum Gasteiger partial charge on any atom is 0.188 e. The number of rotatable bonds is 7. The molecule has 5 nitrogen and oxygen atoms in total. The maximum atomic E-state index is 5.90. The maximum absolute atomic E-state index is 5.90. The number of nitrogens with two attached hydrogens (primary N) is 1. The zero-order valence-electron chi connectivity index (χ0n) is 13.9. The standard InChI is InChI=1S/C18H22ClN3O2/c1-23-16-8-5-14(11-17(16)24-2)12-22-18(20)21-10-9-13-3-6-15(19)7-4-13/h3-8,11H,9-10,12H2,1-2H3,(H3,20,21,22). The lowest BCUT2D eigenvalue weighted by atomic mass is 10.1. The number of guanidine groups is 1. The van der Waals surface area contributed by atoms with Crippen molar-refractivity contribution in [2.75, 3.05) is 20.8 Å². The Bertz CT molecular complexity index is 687. The molecule has 0 unspecified atom stereocenters. The van der Waals surface area contributed by atoms with E-state index in [0.717, 1.165) is 17.0 Å².